The zero-order chi connectivity index (χ0) is 21.3. The summed E-state index contributed by atoms with van der Waals surface area (Å²) in [7, 11) is 0. The summed E-state index contributed by atoms with van der Waals surface area (Å²) in [5.41, 5.74) is 0. The molecule has 1 heterocycles. The van der Waals surface area contributed by atoms with Gasteiger partial charge < -0.3 is 31.1 Å². The smallest absolute Gasteiger partial charge is 0.326 e. The second kappa shape index (κ2) is 11.1. The van der Waals surface area contributed by atoms with Gasteiger partial charge in [0.05, 0.1) is 12.8 Å². The molecule has 0 aromatic heterocycles. The SMILES string of the molecule is CC[C@@H]1NC(=O)C[C@H](OC=O)NC(=O)[C@H](CS)NC(=O)C[C@H](C(=O)O)NC1=O. The molecule has 0 saturated carbocycles. The molecule has 0 aromatic carbocycles. The van der Waals surface area contributed by atoms with Crippen LogP contribution in [0.25, 0.3) is 0 Å². The number of amides is 4. The Hall–Kier alpha value is -2.83. The Labute approximate surface area is 165 Å². The molecule has 0 unspecified atom stereocenters. The van der Waals surface area contributed by atoms with Crippen molar-refractivity contribution in [1.82, 2.24) is 21.3 Å². The first-order valence-corrected chi connectivity index (χ1v) is 8.97. The first kappa shape index (κ1) is 23.2. The van der Waals surface area contributed by atoms with Crippen molar-refractivity contribution in [2.24, 2.45) is 0 Å². The number of nitrogens with one attached hydrogen (secondary N) is 4. The Morgan fingerprint density at radius 1 is 1.07 bits per heavy atom. The number of carbonyl (C=O) groups excluding carboxylic acids is 5. The average Bonchev–Trinajstić information content (AvgIpc) is 2.62. The Morgan fingerprint density at radius 3 is 2.18 bits per heavy atom. The first-order valence-electron chi connectivity index (χ1n) is 8.34. The molecule has 0 aromatic rings. The second-order valence-corrected chi connectivity index (χ2v) is 6.23. The number of hydrogen-bond donors (Lipinski definition) is 6. The van der Waals surface area contributed by atoms with Crippen LogP contribution in [-0.4, -0.2) is 71.3 Å². The van der Waals surface area contributed by atoms with Crippen LogP contribution in [-0.2, 0) is 33.5 Å². The monoisotopic (exact) mass is 418 g/mol. The molecule has 1 rings (SSSR count). The van der Waals surface area contributed by atoms with E-state index in [9.17, 15) is 33.9 Å². The van der Waals surface area contributed by atoms with Gasteiger partial charge in [-0.2, -0.15) is 12.6 Å². The van der Waals surface area contributed by atoms with Crippen molar-refractivity contribution >= 4 is 48.7 Å². The van der Waals surface area contributed by atoms with Gasteiger partial charge in [0.2, 0.25) is 23.6 Å². The number of thiol groups is 1. The van der Waals surface area contributed by atoms with E-state index in [2.05, 4.69) is 38.6 Å². The predicted octanol–water partition coefficient (Wildman–Crippen LogP) is -2.73. The normalized spacial score (nSPS) is 27.4. The standard InChI is InChI=1S/C15H22N4O8S/c1-2-7-13(23)18-8(15(25)26)3-10(21)17-9(5-28)14(24)19-12(27-6-20)4-11(22)16-7/h6-9,12,28H,2-5H2,1H3,(H,16,22)(H,17,21)(H,18,23)(H,19,24)(H,25,26)/t7-,8+,9-,12-/m0/s1. The van der Waals surface area contributed by atoms with Gasteiger partial charge in [0.1, 0.15) is 18.1 Å². The molecule has 13 heteroatoms. The van der Waals surface area contributed by atoms with Crippen molar-refractivity contribution in [1.29, 1.82) is 0 Å². The summed E-state index contributed by atoms with van der Waals surface area (Å²) in [6.07, 6.45) is -2.34. The quantitative estimate of drug-likeness (QED) is 0.206. The minimum atomic E-state index is -1.56. The summed E-state index contributed by atoms with van der Waals surface area (Å²) in [5.74, 6) is -4.73. The van der Waals surface area contributed by atoms with E-state index < -0.39 is 66.8 Å². The molecule has 1 aliphatic rings. The fraction of sp³-hybridized carbons (Fsp3) is 0.600. The molecule has 4 atom stereocenters. The van der Waals surface area contributed by atoms with E-state index >= 15 is 0 Å². The van der Waals surface area contributed by atoms with Gasteiger partial charge in [-0.25, -0.2) is 4.79 Å². The lowest BCUT2D eigenvalue weighted by Gasteiger charge is -2.25. The number of rotatable bonds is 5. The molecular weight excluding hydrogens is 396 g/mol. The molecule has 156 valence electrons. The van der Waals surface area contributed by atoms with Gasteiger partial charge in [0.15, 0.2) is 6.23 Å². The van der Waals surface area contributed by atoms with Crippen LogP contribution in [0, 0.1) is 0 Å². The number of carboxylic acid groups (broad SMARTS) is 1. The summed E-state index contributed by atoms with van der Waals surface area (Å²) in [6.45, 7) is 1.62. The zero-order valence-electron chi connectivity index (χ0n) is 15.0. The molecule has 1 aliphatic heterocycles. The highest BCUT2D eigenvalue weighted by atomic mass is 32.1. The fourth-order valence-electron chi connectivity index (χ4n) is 2.34. The summed E-state index contributed by atoms with van der Waals surface area (Å²) < 4.78 is 4.66. The van der Waals surface area contributed by atoms with Gasteiger partial charge in [-0.05, 0) is 6.42 Å². The lowest BCUT2D eigenvalue weighted by atomic mass is 10.1. The van der Waals surface area contributed by atoms with Crippen LogP contribution < -0.4 is 21.3 Å². The number of carbonyl (C=O) groups is 6. The van der Waals surface area contributed by atoms with E-state index in [0.717, 1.165) is 0 Å². The largest absolute Gasteiger partial charge is 0.480 e. The first-order chi connectivity index (χ1) is 13.2. The summed E-state index contributed by atoms with van der Waals surface area (Å²) in [6, 6.07) is -3.83. The molecular formula is C15H22N4O8S. The van der Waals surface area contributed by atoms with Gasteiger partial charge in [-0.15, -0.1) is 0 Å². The minimum Gasteiger partial charge on any atom is -0.480 e. The number of ether oxygens (including phenoxy) is 1. The van der Waals surface area contributed by atoms with E-state index in [0.29, 0.717) is 0 Å². The van der Waals surface area contributed by atoms with Crippen molar-refractivity contribution in [3.05, 3.63) is 0 Å². The van der Waals surface area contributed by atoms with Crippen LogP contribution in [0.15, 0.2) is 0 Å². The molecule has 0 bridgehead atoms. The molecule has 5 N–H and O–H groups in total. The highest BCUT2D eigenvalue weighted by Crippen LogP contribution is 2.03. The molecule has 12 nitrogen and oxygen atoms in total. The fourth-order valence-corrected chi connectivity index (χ4v) is 2.60. The molecule has 0 spiro atoms. The van der Waals surface area contributed by atoms with Gasteiger partial charge in [0, 0.05) is 5.75 Å². The van der Waals surface area contributed by atoms with Crippen molar-refractivity contribution in [3.8, 4) is 0 Å². The van der Waals surface area contributed by atoms with Crippen LogP contribution in [0.5, 0.6) is 0 Å². The van der Waals surface area contributed by atoms with Crippen molar-refractivity contribution in [2.45, 2.75) is 50.5 Å². The maximum Gasteiger partial charge on any atom is 0.326 e. The third kappa shape index (κ3) is 7.06. The highest BCUT2D eigenvalue weighted by Gasteiger charge is 2.31. The van der Waals surface area contributed by atoms with Crippen LogP contribution in [0.1, 0.15) is 26.2 Å². The molecule has 4 amide bonds. The van der Waals surface area contributed by atoms with Crippen LogP contribution in [0.2, 0.25) is 0 Å². The highest BCUT2D eigenvalue weighted by molar-refractivity contribution is 7.80. The van der Waals surface area contributed by atoms with E-state index in [4.69, 9.17) is 0 Å². The Kier molecular flexibility index (Phi) is 9.21. The Morgan fingerprint density at radius 2 is 1.64 bits per heavy atom. The van der Waals surface area contributed by atoms with Crippen molar-refractivity contribution in [2.75, 3.05) is 5.75 Å². The van der Waals surface area contributed by atoms with E-state index in [1.54, 1.807) is 6.92 Å². The van der Waals surface area contributed by atoms with Crippen LogP contribution in [0.3, 0.4) is 0 Å². The predicted molar refractivity (Wildman–Crippen MR) is 95.9 cm³/mol. The Bertz CT molecular complexity index is 644. The summed E-state index contributed by atoms with van der Waals surface area (Å²) in [5, 5.41) is 18.3. The number of carboxylic acids is 1. The lowest BCUT2D eigenvalue weighted by Crippen LogP contribution is -2.56. The molecule has 0 aliphatic carbocycles. The van der Waals surface area contributed by atoms with Gasteiger partial charge in [-0.3, -0.25) is 24.0 Å². The van der Waals surface area contributed by atoms with Gasteiger partial charge in [0.25, 0.3) is 6.47 Å². The maximum absolute atomic E-state index is 12.3. The van der Waals surface area contributed by atoms with Gasteiger partial charge >= 0.3 is 5.97 Å². The summed E-state index contributed by atoms with van der Waals surface area (Å²) in [4.78, 5) is 70.7. The minimum absolute atomic E-state index is 0.0388. The van der Waals surface area contributed by atoms with Crippen molar-refractivity contribution < 1.29 is 38.6 Å². The van der Waals surface area contributed by atoms with E-state index in [1.165, 1.54) is 0 Å². The number of aliphatic carboxylic acids is 1. The van der Waals surface area contributed by atoms with E-state index in [1.807, 2.05) is 0 Å². The molecule has 28 heavy (non-hydrogen) atoms. The maximum atomic E-state index is 12.3. The van der Waals surface area contributed by atoms with Gasteiger partial charge in [-0.1, -0.05) is 6.92 Å². The zero-order valence-corrected chi connectivity index (χ0v) is 15.9. The summed E-state index contributed by atoms with van der Waals surface area (Å²) >= 11 is 3.95. The average molecular weight is 418 g/mol. The van der Waals surface area contributed by atoms with E-state index in [-0.39, 0.29) is 18.6 Å². The second-order valence-electron chi connectivity index (χ2n) is 5.87. The molecule has 1 saturated heterocycles. The third-order valence-corrected chi connectivity index (χ3v) is 4.16. The van der Waals surface area contributed by atoms with Crippen LogP contribution in [0.4, 0.5) is 0 Å². The van der Waals surface area contributed by atoms with Crippen molar-refractivity contribution in [3.63, 3.8) is 0 Å². The lowest BCUT2D eigenvalue weighted by molar-refractivity contribution is -0.145. The Balaban J connectivity index is 3.14. The van der Waals surface area contributed by atoms with Crippen LogP contribution >= 0.6 is 12.6 Å². The topological polar surface area (TPSA) is 180 Å². The third-order valence-electron chi connectivity index (χ3n) is 3.79. The molecule has 1 fully saturated rings. The number of hydrogen-bond acceptors (Lipinski definition) is 8. The molecule has 0 radical (unpaired) electrons.